The fourth-order valence-corrected chi connectivity index (χ4v) is 2.93. The van der Waals surface area contributed by atoms with E-state index in [1.165, 1.54) is 0 Å². The minimum atomic E-state index is 0.774. The molecule has 0 fully saturated rings. The topological polar surface area (TPSA) is 72.9 Å². The molecule has 0 aliphatic carbocycles. The molecule has 0 unspecified atom stereocenters. The highest BCUT2D eigenvalue weighted by atomic mass is 15.3. The number of hydrogen-bond acceptors (Lipinski definition) is 5. The summed E-state index contributed by atoms with van der Waals surface area (Å²) in [4.78, 5) is 4.40. The fraction of sp³-hybridized carbons (Fsp3) is 0.263. The monoisotopic (exact) mass is 347 g/mol. The number of nitrogens with one attached hydrogen (secondary N) is 1. The molecule has 0 saturated heterocycles. The second-order valence-corrected chi connectivity index (χ2v) is 6.26. The Labute approximate surface area is 151 Å². The zero-order valence-corrected chi connectivity index (χ0v) is 14.9. The molecule has 0 saturated carbocycles. The van der Waals surface area contributed by atoms with E-state index < -0.39 is 0 Å². The van der Waals surface area contributed by atoms with E-state index in [0.717, 1.165) is 53.5 Å². The highest BCUT2D eigenvalue weighted by Crippen LogP contribution is 2.24. The molecule has 7 heteroatoms. The third-order valence-corrected chi connectivity index (χ3v) is 4.40. The van der Waals surface area contributed by atoms with Crippen molar-refractivity contribution < 1.29 is 0 Å². The summed E-state index contributed by atoms with van der Waals surface area (Å²) in [7, 11) is 1.89. The molecular formula is C19H21N7. The lowest BCUT2D eigenvalue weighted by Crippen LogP contribution is -2.00. The third-order valence-electron chi connectivity index (χ3n) is 4.40. The van der Waals surface area contributed by atoms with Gasteiger partial charge in [0.25, 0.3) is 0 Å². The van der Waals surface area contributed by atoms with Crippen molar-refractivity contribution in [2.75, 3.05) is 5.32 Å². The van der Waals surface area contributed by atoms with Crippen LogP contribution in [0, 0.1) is 0 Å². The van der Waals surface area contributed by atoms with Crippen LogP contribution < -0.4 is 5.32 Å². The zero-order chi connectivity index (χ0) is 17.9. The van der Waals surface area contributed by atoms with Crippen LogP contribution in [-0.4, -0.2) is 29.4 Å². The van der Waals surface area contributed by atoms with Crippen molar-refractivity contribution in [2.24, 2.45) is 7.05 Å². The van der Waals surface area contributed by atoms with Crippen molar-refractivity contribution in [3.63, 3.8) is 0 Å². The quantitative estimate of drug-likeness (QED) is 0.577. The first kappa shape index (κ1) is 16.3. The van der Waals surface area contributed by atoms with Gasteiger partial charge >= 0.3 is 0 Å². The van der Waals surface area contributed by atoms with Gasteiger partial charge in [0, 0.05) is 31.9 Å². The number of hydrogen-bond donors (Lipinski definition) is 1. The largest absolute Gasteiger partial charge is 0.325 e. The maximum Gasteiger partial charge on any atom is 0.161 e. The van der Waals surface area contributed by atoms with Crippen LogP contribution in [0.1, 0.15) is 25.6 Å². The summed E-state index contributed by atoms with van der Waals surface area (Å²) in [6, 6.07) is 10.1. The summed E-state index contributed by atoms with van der Waals surface area (Å²) in [5, 5.41) is 16.1. The standard InChI is InChI=1S/C19H21N7/c1-3-4-5-18-23-24-19-13-15(8-11-26(18)19)14-6-9-20-16(12-14)22-17-7-10-21-25(17)2/h6-13H,3-5H2,1-2H3,(H,20,22). The van der Waals surface area contributed by atoms with Crippen LogP contribution >= 0.6 is 0 Å². The van der Waals surface area contributed by atoms with Crippen molar-refractivity contribution in [3.8, 4) is 11.1 Å². The van der Waals surface area contributed by atoms with Crippen molar-refractivity contribution in [2.45, 2.75) is 26.2 Å². The highest BCUT2D eigenvalue weighted by Gasteiger charge is 2.08. The van der Waals surface area contributed by atoms with Crippen molar-refractivity contribution in [3.05, 3.63) is 54.7 Å². The molecule has 1 N–H and O–H groups in total. The van der Waals surface area contributed by atoms with E-state index >= 15 is 0 Å². The molecule has 0 atom stereocenters. The summed E-state index contributed by atoms with van der Waals surface area (Å²) in [6.45, 7) is 2.18. The van der Waals surface area contributed by atoms with Crippen LogP contribution in [0.5, 0.6) is 0 Å². The molecule has 0 aromatic carbocycles. The van der Waals surface area contributed by atoms with Gasteiger partial charge in [-0.2, -0.15) is 5.10 Å². The van der Waals surface area contributed by atoms with Crippen molar-refractivity contribution >= 4 is 17.3 Å². The van der Waals surface area contributed by atoms with Gasteiger partial charge in [0.2, 0.25) is 0 Å². The minimum absolute atomic E-state index is 0.774. The summed E-state index contributed by atoms with van der Waals surface area (Å²) < 4.78 is 3.84. The number of rotatable bonds is 6. The van der Waals surface area contributed by atoms with Crippen LogP contribution in [0.2, 0.25) is 0 Å². The first-order valence-corrected chi connectivity index (χ1v) is 8.79. The highest BCUT2D eigenvalue weighted by molar-refractivity contribution is 5.70. The van der Waals surface area contributed by atoms with E-state index in [1.54, 1.807) is 17.1 Å². The lowest BCUT2D eigenvalue weighted by atomic mass is 10.1. The van der Waals surface area contributed by atoms with E-state index in [1.807, 2.05) is 31.4 Å². The molecule has 0 aliphatic rings. The van der Waals surface area contributed by atoms with E-state index in [4.69, 9.17) is 0 Å². The van der Waals surface area contributed by atoms with Crippen LogP contribution in [0.3, 0.4) is 0 Å². The van der Waals surface area contributed by atoms with Gasteiger partial charge in [0.05, 0.1) is 6.20 Å². The van der Waals surface area contributed by atoms with Crippen molar-refractivity contribution in [1.29, 1.82) is 0 Å². The number of pyridine rings is 2. The normalized spacial score (nSPS) is 11.2. The molecule has 4 aromatic heterocycles. The molecule has 0 spiro atoms. The van der Waals surface area contributed by atoms with Gasteiger partial charge in [0.1, 0.15) is 17.5 Å². The molecule has 132 valence electrons. The molecule has 4 rings (SSSR count). The Hall–Kier alpha value is -3.22. The molecule has 4 heterocycles. The molecular weight excluding hydrogens is 326 g/mol. The van der Waals surface area contributed by atoms with E-state index in [0.29, 0.717) is 0 Å². The number of nitrogens with zero attached hydrogens (tertiary/aromatic N) is 6. The second kappa shape index (κ2) is 6.95. The molecule has 0 amide bonds. The average Bonchev–Trinajstić information content (AvgIpc) is 3.26. The Morgan fingerprint density at radius 1 is 1.04 bits per heavy atom. The van der Waals surface area contributed by atoms with Crippen molar-refractivity contribution in [1.82, 2.24) is 29.4 Å². The number of fused-ring (bicyclic) bond motifs is 1. The maximum absolute atomic E-state index is 4.40. The van der Waals surface area contributed by atoms with Gasteiger partial charge < -0.3 is 5.32 Å². The smallest absolute Gasteiger partial charge is 0.161 e. The van der Waals surface area contributed by atoms with E-state index in [-0.39, 0.29) is 0 Å². The van der Waals surface area contributed by atoms with Gasteiger partial charge in [-0.1, -0.05) is 13.3 Å². The Balaban J connectivity index is 1.63. The fourth-order valence-electron chi connectivity index (χ4n) is 2.93. The van der Waals surface area contributed by atoms with Gasteiger partial charge in [-0.05, 0) is 41.8 Å². The third kappa shape index (κ3) is 3.15. The van der Waals surface area contributed by atoms with Gasteiger partial charge in [-0.25, -0.2) is 4.98 Å². The molecule has 7 nitrogen and oxygen atoms in total. The van der Waals surface area contributed by atoms with Gasteiger partial charge in [0.15, 0.2) is 5.65 Å². The molecule has 26 heavy (non-hydrogen) atoms. The summed E-state index contributed by atoms with van der Waals surface area (Å²) in [5.41, 5.74) is 3.03. The lowest BCUT2D eigenvalue weighted by molar-refractivity contribution is 0.743. The number of aromatic nitrogens is 6. The summed E-state index contributed by atoms with van der Waals surface area (Å²) in [6.07, 6.45) is 8.82. The lowest BCUT2D eigenvalue weighted by Gasteiger charge is -2.08. The SMILES string of the molecule is CCCCc1nnc2cc(-c3ccnc(Nc4ccnn4C)c3)ccn12. The summed E-state index contributed by atoms with van der Waals surface area (Å²) in [5.74, 6) is 2.68. The first-order chi connectivity index (χ1) is 12.7. The second-order valence-electron chi connectivity index (χ2n) is 6.26. The van der Waals surface area contributed by atoms with Gasteiger partial charge in [-0.3, -0.25) is 9.08 Å². The summed E-state index contributed by atoms with van der Waals surface area (Å²) >= 11 is 0. The first-order valence-electron chi connectivity index (χ1n) is 8.79. The number of unbranched alkanes of at least 4 members (excludes halogenated alkanes) is 1. The molecule has 4 aromatic rings. The Kier molecular flexibility index (Phi) is 4.35. The Morgan fingerprint density at radius 2 is 1.92 bits per heavy atom. The Bertz CT molecular complexity index is 1030. The number of anilines is 2. The molecule has 0 bridgehead atoms. The maximum atomic E-state index is 4.40. The molecule has 0 aliphatic heterocycles. The average molecular weight is 347 g/mol. The van der Waals surface area contributed by atoms with E-state index in [2.05, 4.69) is 49.1 Å². The van der Waals surface area contributed by atoms with Crippen LogP contribution in [0.4, 0.5) is 11.6 Å². The van der Waals surface area contributed by atoms with Crippen LogP contribution in [0.25, 0.3) is 16.8 Å². The predicted molar refractivity (Wildman–Crippen MR) is 101 cm³/mol. The number of aryl methyl sites for hydroxylation is 2. The zero-order valence-electron chi connectivity index (χ0n) is 14.9. The predicted octanol–water partition coefficient (Wildman–Crippen LogP) is 3.61. The van der Waals surface area contributed by atoms with Gasteiger partial charge in [-0.15, -0.1) is 10.2 Å². The van der Waals surface area contributed by atoms with Crippen LogP contribution in [-0.2, 0) is 13.5 Å². The van der Waals surface area contributed by atoms with E-state index in [9.17, 15) is 0 Å². The molecule has 0 radical (unpaired) electrons. The Morgan fingerprint density at radius 3 is 2.73 bits per heavy atom. The minimum Gasteiger partial charge on any atom is -0.325 e. The van der Waals surface area contributed by atoms with Crippen LogP contribution in [0.15, 0.2) is 48.9 Å².